The van der Waals surface area contributed by atoms with E-state index in [1.54, 1.807) is 36.2 Å². The molecule has 3 N–H and O–H groups in total. The quantitative estimate of drug-likeness (QED) is 0.301. The predicted octanol–water partition coefficient (Wildman–Crippen LogP) is 3.83. The number of anilines is 1. The van der Waals surface area contributed by atoms with Crippen molar-refractivity contribution in [3.05, 3.63) is 65.4 Å². The Bertz CT molecular complexity index is 1460. The number of phenols is 1. The molecule has 5 rings (SSSR count). The number of imidazole rings is 1. The molecule has 1 fully saturated rings. The van der Waals surface area contributed by atoms with Gasteiger partial charge in [-0.1, -0.05) is 0 Å². The Labute approximate surface area is 216 Å². The summed E-state index contributed by atoms with van der Waals surface area (Å²) < 4.78 is 2.10. The molecule has 0 unspecified atom stereocenters. The van der Waals surface area contributed by atoms with Crippen molar-refractivity contribution in [2.45, 2.75) is 32.2 Å². The second kappa shape index (κ2) is 10.2. The number of aromatic hydroxyl groups is 1. The number of likely N-dealkylation sites (N-methyl/N-ethyl adjacent to an activating group) is 1. The summed E-state index contributed by atoms with van der Waals surface area (Å²) in [6.45, 7) is 4.02. The SMILES string of the molecule is CNCCNc1ccc(-c2cc(C(=O)N(C)Cc3cnc(C4CC4)n3C)c3cc(O)ccc3n2)nc1C. The number of aryl methyl sites for hydroxylation is 1. The van der Waals surface area contributed by atoms with Crippen LogP contribution in [0.2, 0.25) is 0 Å². The fourth-order valence-corrected chi connectivity index (χ4v) is 4.58. The number of amides is 1. The molecule has 0 atom stereocenters. The molecular formula is C28H33N7O2. The Morgan fingerprint density at radius 1 is 1.14 bits per heavy atom. The van der Waals surface area contributed by atoms with Crippen LogP contribution < -0.4 is 10.6 Å². The first-order valence-corrected chi connectivity index (χ1v) is 12.6. The van der Waals surface area contributed by atoms with Crippen LogP contribution in [0.15, 0.2) is 42.6 Å². The van der Waals surface area contributed by atoms with Crippen LogP contribution in [0.5, 0.6) is 5.75 Å². The lowest BCUT2D eigenvalue weighted by molar-refractivity contribution is 0.0784. The molecule has 1 aliphatic carbocycles. The van der Waals surface area contributed by atoms with Crippen molar-refractivity contribution in [1.82, 2.24) is 29.7 Å². The van der Waals surface area contributed by atoms with E-state index in [9.17, 15) is 9.90 Å². The highest BCUT2D eigenvalue weighted by atomic mass is 16.3. The predicted molar refractivity (Wildman–Crippen MR) is 145 cm³/mol. The number of phenolic OH excluding ortho intramolecular Hbond substituents is 1. The Morgan fingerprint density at radius 2 is 1.95 bits per heavy atom. The number of rotatable bonds is 9. The number of carbonyl (C=O) groups excluding carboxylic acids is 1. The molecule has 1 amide bonds. The smallest absolute Gasteiger partial charge is 0.254 e. The first-order chi connectivity index (χ1) is 17.9. The van der Waals surface area contributed by atoms with Gasteiger partial charge in [0.15, 0.2) is 0 Å². The summed E-state index contributed by atoms with van der Waals surface area (Å²) in [5.41, 5.74) is 5.19. The lowest BCUT2D eigenvalue weighted by Crippen LogP contribution is -2.27. The summed E-state index contributed by atoms with van der Waals surface area (Å²) in [6.07, 6.45) is 4.21. The Kier molecular flexibility index (Phi) is 6.80. The lowest BCUT2D eigenvalue weighted by Gasteiger charge is -2.19. The van der Waals surface area contributed by atoms with Crippen molar-refractivity contribution in [2.75, 3.05) is 32.5 Å². The summed E-state index contributed by atoms with van der Waals surface area (Å²) in [7, 11) is 5.71. The van der Waals surface area contributed by atoms with Gasteiger partial charge < -0.3 is 25.2 Å². The van der Waals surface area contributed by atoms with Crippen LogP contribution in [0.3, 0.4) is 0 Å². The molecule has 9 nitrogen and oxygen atoms in total. The van der Waals surface area contributed by atoms with Gasteiger partial charge in [0, 0.05) is 38.5 Å². The van der Waals surface area contributed by atoms with E-state index in [-0.39, 0.29) is 11.7 Å². The second-order valence-electron chi connectivity index (χ2n) is 9.72. The standard InChI is InChI=1S/C28H33N7O2/c1-17-23(30-12-11-29-2)9-10-25(32-17)26-14-22(21-13-20(36)7-8-24(21)33-26)28(37)34(3)16-19-15-31-27(35(19)4)18-5-6-18/h7-10,13-15,18,29-30,36H,5-6,11-12,16H2,1-4H3. The molecule has 3 aromatic heterocycles. The summed E-state index contributed by atoms with van der Waals surface area (Å²) in [5, 5.41) is 17.3. The zero-order valence-corrected chi connectivity index (χ0v) is 21.7. The maximum absolute atomic E-state index is 13.7. The van der Waals surface area contributed by atoms with Crippen molar-refractivity contribution in [2.24, 2.45) is 7.05 Å². The van der Waals surface area contributed by atoms with Crippen LogP contribution in [0.25, 0.3) is 22.3 Å². The van der Waals surface area contributed by atoms with Gasteiger partial charge in [0.1, 0.15) is 11.6 Å². The third-order valence-electron chi connectivity index (χ3n) is 6.87. The minimum absolute atomic E-state index is 0.0884. The summed E-state index contributed by atoms with van der Waals surface area (Å²) >= 11 is 0. The largest absolute Gasteiger partial charge is 0.508 e. The van der Waals surface area contributed by atoms with Gasteiger partial charge in [-0.25, -0.2) is 15.0 Å². The highest BCUT2D eigenvalue weighted by Gasteiger charge is 2.29. The molecule has 0 aliphatic heterocycles. The van der Waals surface area contributed by atoms with E-state index in [0.717, 1.165) is 36.0 Å². The number of pyridine rings is 2. The second-order valence-corrected chi connectivity index (χ2v) is 9.72. The number of benzene rings is 1. The number of hydrogen-bond donors (Lipinski definition) is 3. The molecular weight excluding hydrogens is 466 g/mol. The Hall–Kier alpha value is -3.98. The molecule has 9 heteroatoms. The van der Waals surface area contributed by atoms with Gasteiger partial charge in [-0.2, -0.15) is 0 Å². The van der Waals surface area contributed by atoms with Crippen molar-refractivity contribution in [1.29, 1.82) is 0 Å². The molecule has 0 radical (unpaired) electrons. The van der Waals surface area contributed by atoms with Crippen LogP contribution >= 0.6 is 0 Å². The third kappa shape index (κ3) is 5.13. The van der Waals surface area contributed by atoms with Crippen LogP contribution in [0, 0.1) is 6.92 Å². The number of hydrogen-bond acceptors (Lipinski definition) is 7. The van der Waals surface area contributed by atoms with Crippen LogP contribution in [-0.2, 0) is 13.6 Å². The van der Waals surface area contributed by atoms with E-state index >= 15 is 0 Å². The zero-order chi connectivity index (χ0) is 26.1. The molecule has 0 saturated heterocycles. The number of nitrogens with one attached hydrogen (secondary N) is 2. The minimum atomic E-state index is -0.157. The van der Waals surface area contributed by atoms with Gasteiger partial charge in [0.2, 0.25) is 0 Å². The van der Waals surface area contributed by atoms with E-state index in [4.69, 9.17) is 9.97 Å². The molecule has 0 bridgehead atoms. The number of aromatic nitrogens is 4. The van der Waals surface area contributed by atoms with E-state index < -0.39 is 0 Å². The van der Waals surface area contributed by atoms with Crippen LogP contribution in [0.4, 0.5) is 5.69 Å². The zero-order valence-electron chi connectivity index (χ0n) is 21.7. The van der Waals surface area contributed by atoms with Crippen molar-refractivity contribution in [3.8, 4) is 17.1 Å². The fourth-order valence-electron chi connectivity index (χ4n) is 4.58. The molecule has 192 valence electrons. The average Bonchev–Trinajstić information content (AvgIpc) is 3.67. The molecule has 3 heterocycles. The minimum Gasteiger partial charge on any atom is -0.508 e. The Morgan fingerprint density at radius 3 is 2.68 bits per heavy atom. The molecule has 1 aromatic carbocycles. The van der Waals surface area contributed by atoms with Gasteiger partial charge in [-0.05, 0) is 63.2 Å². The molecule has 0 spiro atoms. The van der Waals surface area contributed by atoms with Crippen molar-refractivity contribution in [3.63, 3.8) is 0 Å². The fraction of sp³-hybridized carbons (Fsp3) is 0.357. The Balaban J connectivity index is 1.48. The third-order valence-corrected chi connectivity index (χ3v) is 6.87. The van der Waals surface area contributed by atoms with E-state index in [0.29, 0.717) is 40.3 Å². The van der Waals surface area contributed by atoms with Crippen LogP contribution in [0.1, 0.15) is 46.3 Å². The topological polar surface area (TPSA) is 108 Å². The van der Waals surface area contributed by atoms with E-state index in [1.807, 2.05) is 39.3 Å². The van der Waals surface area contributed by atoms with E-state index in [1.165, 1.54) is 12.8 Å². The maximum atomic E-state index is 13.7. The first-order valence-electron chi connectivity index (χ1n) is 12.6. The summed E-state index contributed by atoms with van der Waals surface area (Å²) in [5.74, 6) is 1.55. The van der Waals surface area contributed by atoms with Gasteiger partial charge in [-0.15, -0.1) is 0 Å². The number of fused-ring (bicyclic) bond motifs is 1. The maximum Gasteiger partial charge on any atom is 0.254 e. The monoisotopic (exact) mass is 499 g/mol. The van der Waals surface area contributed by atoms with Crippen molar-refractivity contribution >= 4 is 22.5 Å². The highest BCUT2D eigenvalue weighted by Crippen LogP contribution is 2.39. The normalized spacial score (nSPS) is 13.2. The first kappa shape index (κ1) is 24.7. The summed E-state index contributed by atoms with van der Waals surface area (Å²) in [4.78, 5) is 29.5. The van der Waals surface area contributed by atoms with Gasteiger partial charge >= 0.3 is 0 Å². The van der Waals surface area contributed by atoms with Gasteiger partial charge in [-0.3, -0.25) is 4.79 Å². The lowest BCUT2D eigenvalue weighted by atomic mass is 10.0. The molecule has 4 aromatic rings. The van der Waals surface area contributed by atoms with Crippen molar-refractivity contribution < 1.29 is 9.90 Å². The average molecular weight is 500 g/mol. The van der Waals surface area contributed by atoms with E-state index in [2.05, 4.69) is 20.2 Å². The summed E-state index contributed by atoms with van der Waals surface area (Å²) in [6, 6.07) is 10.6. The van der Waals surface area contributed by atoms with Crippen LogP contribution in [-0.4, -0.2) is 62.6 Å². The molecule has 1 aliphatic rings. The molecule has 37 heavy (non-hydrogen) atoms. The number of carbonyl (C=O) groups is 1. The number of nitrogens with zero attached hydrogens (tertiary/aromatic N) is 5. The van der Waals surface area contributed by atoms with Gasteiger partial charge in [0.25, 0.3) is 5.91 Å². The molecule has 1 saturated carbocycles. The highest BCUT2D eigenvalue weighted by molar-refractivity contribution is 6.07. The van der Waals surface area contributed by atoms with Gasteiger partial charge in [0.05, 0.1) is 52.3 Å².